The molecule has 2 saturated carbocycles. The van der Waals surface area contributed by atoms with Crippen LogP contribution in [0.5, 0.6) is 0 Å². The number of benzene rings is 2. The van der Waals surface area contributed by atoms with Crippen LogP contribution in [0.25, 0.3) is 0 Å². The zero-order chi connectivity index (χ0) is 21.0. The Labute approximate surface area is 186 Å². The second-order valence-electron chi connectivity index (χ2n) is 7.96. The molecule has 1 heterocycles. The van der Waals surface area contributed by atoms with Crippen LogP contribution in [0.2, 0.25) is 5.02 Å². The van der Waals surface area contributed by atoms with Crippen LogP contribution in [0, 0.1) is 23.7 Å². The normalized spacial score (nSPS) is 30.8. The van der Waals surface area contributed by atoms with E-state index in [4.69, 9.17) is 16.3 Å². The number of hydrogen-bond acceptors (Lipinski definition) is 4. The molecule has 5 rings (SSSR count). The number of ether oxygens (including phenoxy) is 1. The molecule has 6 nitrogen and oxygen atoms in total. The van der Waals surface area contributed by atoms with Gasteiger partial charge in [-0.3, -0.25) is 14.4 Å². The highest BCUT2D eigenvalue weighted by Gasteiger charge is 2.67. The molecular weight excluding hydrogens is 472 g/mol. The number of hydrogen-bond donors (Lipinski definition) is 2. The van der Waals surface area contributed by atoms with E-state index >= 15 is 0 Å². The van der Waals surface area contributed by atoms with Crippen LogP contribution in [-0.2, 0) is 14.3 Å². The molecule has 154 valence electrons. The van der Waals surface area contributed by atoms with Gasteiger partial charge in [-0.1, -0.05) is 39.7 Å². The molecule has 0 aromatic heterocycles. The summed E-state index contributed by atoms with van der Waals surface area (Å²) in [5.41, 5.74) is 1.55. The van der Waals surface area contributed by atoms with Crippen LogP contribution in [0.3, 0.4) is 0 Å². The number of esters is 1. The zero-order valence-corrected chi connectivity index (χ0v) is 18.0. The van der Waals surface area contributed by atoms with E-state index in [2.05, 4.69) is 26.6 Å². The summed E-state index contributed by atoms with van der Waals surface area (Å²) in [4.78, 5) is 37.6. The third-order valence-electron chi connectivity index (χ3n) is 6.36. The zero-order valence-electron chi connectivity index (χ0n) is 15.7. The molecule has 2 bridgehead atoms. The first-order valence-electron chi connectivity index (χ1n) is 9.75. The Morgan fingerprint density at radius 2 is 1.77 bits per heavy atom. The van der Waals surface area contributed by atoms with Gasteiger partial charge in [-0.15, -0.1) is 0 Å². The molecule has 1 aliphatic heterocycles. The van der Waals surface area contributed by atoms with Gasteiger partial charge in [0.1, 0.15) is 6.10 Å². The molecule has 1 saturated heterocycles. The number of carbonyl (C=O) groups is 3. The van der Waals surface area contributed by atoms with Crippen LogP contribution in [0.4, 0.5) is 11.4 Å². The van der Waals surface area contributed by atoms with Gasteiger partial charge >= 0.3 is 5.97 Å². The highest BCUT2D eigenvalue weighted by Crippen LogP contribution is 2.60. The lowest BCUT2D eigenvalue weighted by Crippen LogP contribution is -2.40. The fraction of sp³-hybridized carbons (Fsp3) is 0.318. The Morgan fingerprint density at radius 3 is 2.50 bits per heavy atom. The minimum Gasteiger partial charge on any atom is -0.461 e. The van der Waals surface area contributed by atoms with Gasteiger partial charge in [0.25, 0.3) is 5.91 Å². The van der Waals surface area contributed by atoms with Crippen molar-refractivity contribution in [3.05, 3.63) is 59.1 Å². The minimum absolute atomic E-state index is 0.0248. The molecule has 30 heavy (non-hydrogen) atoms. The Balaban J connectivity index is 1.26. The molecule has 2 amide bonds. The van der Waals surface area contributed by atoms with E-state index in [1.54, 1.807) is 48.5 Å². The second-order valence-corrected chi connectivity index (χ2v) is 9.43. The third kappa shape index (κ3) is 3.11. The molecule has 0 spiro atoms. The number of nitrogens with one attached hydrogen (secondary N) is 2. The maximum absolute atomic E-state index is 12.9. The minimum atomic E-state index is -0.395. The number of alkyl halides is 1. The summed E-state index contributed by atoms with van der Waals surface area (Å²) >= 11 is 9.69. The fourth-order valence-electron chi connectivity index (χ4n) is 5.02. The lowest BCUT2D eigenvalue weighted by atomic mass is 9.79. The topological polar surface area (TPSA) is 84.5 Å². The molecule has 3 aliphatic rings. The van der Waals surface area contributed by atoms with Crippen molar-refractivity contribution in [2.24, 2.45) is 23.7 Å². The van der Waals surface area contributed by atoms with Gasteiger partial charge in [0.2, 0.25) is 5.91 Å². The van der Waals surface area contributed by atoms with Crippen LogP contribution in [0.1, 0.15) is 16.8 Å². The first-order chi connectivity index (χ1) is 14.4. The number of para-hydroxylation sites is 1. The van der Waals surface area contributed by atoms with Crippen molar-refractivity contribution in [1.82, 2.24) is 0 Å². The summed E-state index contributed by atoms with van der Waals surface area (Å²) < 4.78 is 5.46. The molecule has 0 radical (unpaired) electrons. The maximum Gasteiger partial charge on any atom is 0.310 e. The molecule has 2 N–H and O–H groups in total. The van der Waals surface area contributed by atoms with Crippen molar-refractivity contribution >= 4 is 56.7 Å². The van der Waals surface area contributed by atoms with Crippen molar-refractivity contribution < 1.29 is 19.1 Å². The quantitative estimate of drug-likeness (QED) is 0.500. The van der Waals surface area contributed by atoms with Crippen LogP contribution in [-0.4, -0.2) is 28.7 Å². The SMILES string of the molecule is O=C(Nc1ccccc1Cl)c1ccc(NC(=O)[C@@H]2[C@H]3C[C@H]4[C@H](OC(=O)[C@@H]42)[C@H]3Br)cc1. The van der Waals surface area contributed by atoms with Crippen molar-refractivity contribution in [2.45, 2.75) is 17.4 Å². The van der Waals surface area contributed by atoms with Gasteiger partial charge in [0, 0.05) is 17.2 Å². The molecule has 3 fully saturated rings. The summed E-state index contributed by atoms with van der Waals surface area (Å²) in [6.45, 7) is 0. The highest BCUT2D eigenvalue weighted by atomic mass is 79.9. The van der Waals surface area contributed by atoms with Gasteiger partial charge in [-0.05, 0) is 48.7 Å². The Morgan fingerprint density at radius 1 is 1.03 bits per heavy atom. The lowest BCUT2D eigenvalue weighted by Gasteiger charge is -2.27. The molecule has 6 atom stereocenters. The summed E-state index contributed by atoms with van der Waals surface area (Å²) in [5, 5.41) is 6.12. The number of anilines is 2. The predicted molar refractivity (Wildman–Crippen MR) is 116 cm³/mol. The smallest absolute Gasteiger partial charge is 0.310 e. The van der Waals surface area contributed by atoms with Crippen molar-refractivity contribution in [2.75, 3.05) is 10.6 Å². The molecule has 8 heteroatoms. The first-order valence-corrected chi connectivity index (χ1v) is 11.0. The second kappa shape index (κ2) is 7.39. The largest absolute Gasteiger partial charge is 0.461 e. The summed E-state index contributed by atoms with van der Waals surface area (Å²) in [6, 6.07) is 13.6. The summed E-state index contributed by atoms with van der Waals surface area (Å²) in [5.74, 6) is -1.27. The number of carbonyl (C=O) groups excluding carboxylic acids is 3. The highest BCUT2D eigenvalue weighted by molar-refractivity contribution is 9.09. The van der Waals surface area contributed by atoms with Crippen LogP contribution >= 0.6 is 27.5 Å². The van der Waals surface area contributed by atoms with E-state index in [-0.39, 0.29) is 46.5 Å². The van der Waals surface area contributed by atoms with Crippen molar-refractivity contribution in [3.8, 4) is 0 Å². The van der Waals surface area contributed by atoms with E-state index in [0.29, 0.717) is 22.0 Å². The average Bonchev–Trinajstić information content (AvgIpc) is 3.34. The van der Waals surface area contributed by atoms with Gasteiger partial charge < -0.3 is 15.4 Å². The van der Waals surface area contributed by atoms with Crippen LogP contribution in [0.15, 0.2) is 48.5 Å². The van der Waals surface area contributed by atoms with Crippen LogP contribution < -0.4 is 10.6 Å². The average molecular weight is 490 g/mol. The number of rotatable bonds is 4. The standard InChI is InChI=1S/C22H18BrClN2O4/c23-18-12-9-13-17(22(29)30-19(13)18)16(12)21(28)25-11-7-5-10(6-8-11)20(27)26-15-4-2-1-3-14(15)24/h1-8,12-13,16-19H,9H2,(H,25,28)(H,26,27)/t12-,13-,16-,17+,18+,19+/m1/s1. The van der Waals surface area contributed by atoms with E-state index in [9.17, 15) is 14.4 Å². The van der Waals surface area contributed by atoms with Gasteiger partial charge in [0.05, 0.1) is 27.4 Å². The maximum atomic E-state index is 12.9. The Bertz CT molecular complexity index is 1040. The number of fused-ring (bicyclic) bond motifs is 1. The predicted octanol–water partition coefficient (Wildman–Crippen LogP) is 4.10. The number of halogens is 2. The van der Waals surface area contributed by atoms with Gasteiger partial charge in [0.15, 0.2) is 0 Å². The lowest BCUT2D eigenvalue weighted by molar-refractivity contribution is -0.145. The summed E-state index contributed by atoms with van der Waals surface area (Å²) in [7, 11) is 0. The molecular formula is C22H18BrClN2O4. The molecule has 2 aliphatic carbocycles. The van der Waals surface area contributed by atoms with E-state index < -0.39 is 5.92 Å². The van der Waals surface area contributed by atoms with Crippen molar-refractivity contribution in [3.63, 3.8) is 0 Å². The van der Waals surface area contributed by atoms with E-state index in [1.807, 2.05) is 0 Å². The fourth-order valence-corrected chi connectivity index (χ4v) is 6.25. The van der Waals surface area contributed by atoms with Gasteiger partial charge in [-0.25, -0.2) is 0 Å². The molecule has 0 unspecified atom stereocenters. The Kier molecular flexibility index (Phi) is 4.82. The van der Waals surface area contributed by atoms with E-state index in [0.717, 1.165) is 6.42 Å². The molecule has 2 aromatic carbocycles. The summed E-state index contributed by atoms with van der Waals surface area (Å²) in [6.07, 6.45) is 0.725. The monoisotopic (exact) mass is 488 g/mol. The first kappa shape index (κ1) is 19.6. The van der Waals surface area contributed by atoms with Gasteiger partial charge in [-0.2, -0.15) is 0 Å². The third-order valence-corrected chi connectivity index (χ3v) is 7.89. The van der Waals surface area contributed by atoms with E-state index in [1.165, 1.54) is 0 Å². The van der Waals surface area contributed by atoms with Crippen molar-refractivity contribution in [1.29, 1.82) is 0 Å². The Hall–Kier alpha value is -2.38. The molecule has 2 aromatic rings. The number of amides is 2.